The summed E-state index contributed by atoms with van der Waals surface area (Å²) in [4.78, 5) is 8.91. The highest BCUT2D eigenvalue weighted by molar-refractivity contribution is 7.89. The van der Waals surface area contributed by atoms with Crippen molar-refractivity contribution in [2.24, 2.45) is 7.05 Å². The first-order valence-electron chi connectivity index (χ1n) is 9.82. The third-order valence-electron chi connectivity index (χ3n) is 5.29. The molecule has 0 aliphatic carbocycles. The van der Waals surface area contributed by atoms with E-state index in [1.807, 2.05) is 0 Å². The van der Waals surface area contributed by atoms with Crippen LogP contribution in [0.2, 0.25) is 0 Å². The molecule has 0 spiro atoms. The van der Waals surface area contributed by atoms with Crippen LogP contribution in [0.4, 0.5) is 11.8 Å². The van der Waals surface area contributed by atoms with Gasteiger partial charge < -0.3 is 15.4 Å². The SMILES string of the molecule is Cn1cc(S(=O)(=O)N2CCC(Nc3ncc(C#N)c(N[C@H]4CCOC4)n3)CC2)cn1. The molecule has 12 heteroatoms. The van der Waals surface area contributed by atoms with E-state index in [0.29, 0.717) is 56.5 Å². The summed E-state index contributed by atoms with van der Waals surface area (Å²) in [5.41, 5.74) is 0.379. The number of hydrogen-bond acceptors (Lipinski definition) is 9. The number of nitrogens with one attached hydrogen (secondary N) is 2. The van der Waals surface area contributed by atoms with E-state index in [1.54, 1.807) is 7.05 Å². The summed E-state index contributed by atoms with van der Waals surface area (Å²) in [5, 5.41) is 19.8. The van der Waals surface area contributed by atoms with Gasteiger partial charge in [0.25, 0.3) is 0 Å². The van der Waals surface area contributed by atoms with Crippen molar-refractivity contribution in [2.45, 2.75) is 36.2 Å². The van der Waals surface area contributed by atoms with Gasteiger partial charge in [-0.3, -0.25) is 4.68 Å². The van der Waals surface area contributed by atoms with Crippen molar-refractivity contribution in [1.82, 2.24) is 24.1 Å². The van der Waals surface area contributed by atoms with Crippen molar-refractivity contribution in [1.29, 1.82) is 5.26 Å². The number of anilines is 2. The fourth-order valence-corrected chi connectivity index (χ4v) is 5.04. The van der Waals surface area contributed by atoms with E-state index < -0.39 is 10.0 Å². The maximum Gasteiger partial charge on any atom is 0.246 e. The molecule has 2 N–H and O–H groups in total. The monoisotopic (exact) mass is 432 g/mol. The van der Waals surface area contributed by atoms with Crippen LogP contribution in [0.5, 0.6) is 0 Å². The van der Waals surface area contributed by atoms with E-state index >= 15 is 0 Å². The smallest absolute Gasteiger partial charge is 0.246 e. The topological polar surface area (TPSA) is 138 Å². The highest BCUT2D eigenvalue weighted by Crippen LogP contribution is 2.23. The lowest BCUT2D eigenvalue weighted by atomic mass is 10.1. The average molecular weight is 433 g/mol. The summed E-state index contributed by atoms with van der Waals surface area (Å²) >= 11 is 0. The highest BCUT2D eigenvalue weighted by Gasteiger charge is 2.30. The molecule has 2 aliphatic rings. The maximum atomic E-state index is 12.7. The number of piperidine rings is 1. The molecular weight excluding hydrogens is 408 g/mol. The van der Waals surface area contributed by atoms with E-state index in [0.717, 1.165) is 6.42 Å². The van der Waals surface area contributed by atoms with Crippen molar-refractivity contribution in [3.63, 3.8) is 0 Å². The number of rotatable bonds is 6. The zero-order valence-electron chi connectivity index (χ0n) is 16.7. The molecule has 0 amide bonds. The molecule has 0 saturated carbocycles. The molecule has 160 valence electrons. The second kappa shape index (κ2) is 8.55. The fourth-order valence-electron chi connectivity index (χ4n) is 3.59. The molecule has 2 aliphatic heterocycles. The van der Waals surface area contributed by atoms with Gasteiger partial charge >= 0.3 is 0 Å². The van der Waals surface area contributed by atoms with Crippen LogP contribution in [0.15, 0.2) is 23.5 Å². The Morgan fingerprint density at radius 1 is 1.20 bits per heavy atom. The van der Waals surface area contributed by atoms with Gasteiger partial charge in [-0.05, 0) is 19.3 Å². The summed E-state index contributed by atoms with van der Waals surface area (Å²) in [5.74, 6) is 0.908. The Kier molecular flexibility index (Phi) is 5.85. The summed E-state index contributed by atoms with van der Waals surface area (Å²) in [6.07, 6.45) is 6.49. The van der Waals surface area contributed by atoms with E-state index in [4.69, 9.17) is 4.74 Å². The molecule has 4 rings (SSSR count). The summed E-state index contributed by atoms with van der Waals surface area (Å²) in [7, 11) is -1.84. The van der Waals surface area contributed by atoms with Gasteiger partial charge in [0, 0.05) is 39.0 Å². The molecule has 0 unspecified atom stereocenters. The average Bonchev–Trinajstić information content (AvgIpc) is 3.41. The van der Waals surface area contributed by atoms with Gasteiger partial charge in [-0.25, -0.2) is 13.4 Å². The number of aromatic nitrogens is 4. The molecule has 11 nitrogen and oxygen atoms in total. The van der Waals surface area contributed by atoms with Crippen LogP contribution in [-0.4, -0.2) is 70.9 Å². The van der Waals surface area contributed by atoms with Crippen molar-refractivity contribution in [3.8, 4) is 6.07 Å². The molecule has 0 radical (unpaired) electrons. The molecule has 0 aromatic carbocycles. The van der Waals surface area contributed by atoms with Crippen LogP contribution >= 0.6 is 0 Å². The first-order valence-corrected chi connectivity index (χ1v) is 11.3. The predicted octanol–water partition coefficient (Wildman–Crippen LogP) is 0.548. The van der Waals surface area contributed by atoms with Gasteiger partial charge in [-0.1, -0.05) is 0 Å². The Bertz CT molecular complexity index is 1030. The molecule has 1 atom stereocenters. The lowest BCUT2D eigenvalue weighted by Crippen LogP contribution is -2.42. The van der Waals surface area contributed by atoms with Crippen molar-refractivity contribution in [2.75, 3.05) is 36.9 Å². The Morgan fingerprint density at radius 3 is 2.63 bits per heavy atom. The lowest BCUT2D eigenvalue weighted by Gasteiger charge is -2.31. The Morgan fingerprint density at radius 2 is 2.00 bits per heavy atom. The fraction of sp³-hybridized carbons (Fsp3) is 0.556. The standard InChI is InChI=1S/C18H24N8O3S/c1-25-11-16(10-21-25)30(27,28)26-5-2-14(3-6-26)23-18-20-9-13(8-19)17(24-18)22-15-4-7-29-12-15/h9-11,14-15H,2-7,12H2,1H3,(H2,20,22,23,24)/t15-/m0/s1. The van der Waals surface area contributed by atoms with Crippen LogP contribution in [0.3, 0.4) is 0 Å². The van der Waals surface area contributed by atoms with E-state index in [-0.39, 0.29) is 17.0 Å². The minimum atomic E-state index is -3.53. The predicted molar refractivity (Wildman–Crippen MR) is 108 cm³/mol. The number of nitrogens with zero attached hydrogens (tertiary/aromatic N) is 6. The zero-order chi connectivity index (χ0) is 21.1. The molecule has 30 heavy (non-hydrogen) atoms. The Hall–Kier alpha value is -2.75. The van der Waals surface area contributed by atoms with Crippen molar-refractivity contribution in [3.05, 3.63) is 24.2 Å². The van der Waals surface area contributed by atoms with Gasteiger partial charge in [0.1, 0.15) is 22.3 Å². The molecule has 2 fully saturated rings. The summed E-state index contributed by atoms with van der Waals surface area (Å²) in [6.45, 7) is 2.07. The molecular formula is C18H24N8O3S. The van der Waals surface area contributed by atoms with Crippen molar-refractivity contribution >= 4 is 21.8 Å². The number of hydrogen-bond donors (Lipinski definition) is 2. The molecule has 4 heterocycles. The molecule has 0 bridgehead atoms. The third kappa shape index (κ3) is 4.38. The van der Waals surface area contributed by atoms with Crippen molar-refractivity contribution < 1.29 is 13.2 Å². The summed E-state index contributed by atoms with van der Waals surface area (Å²) in [6, 6.07) is 2.27. The first kappa shape index (κ1) is 20.5. The molecule has 2 saturated heterocycles. The quantitative estimate of drug-likeness (QED) is 0.670. The maximum absolute atomic E-state index is 12.7. The minimum Gasteiger partial charge on any atom is -0.379 e. The second-order valence-electron chi connectivity index (χ2n) is 7.44. The van der Waals surface area contributed by atoms with Gasteiger partial charge in [0.15, 0.2) is 0 Å². The van der Waals surface area contributed by atoms with Gasteiger partial charge in [-0.15, -0.1) is 0 Å². The number of sulfonamides is 1. The number of aryl methyl sites for hydroxylation is 1. The van der Waals surface area contributed by atoms with Crippen LogP contribution in [0, 0.1) is 11.3 Å². The molecule has 2 aromatic heterocycles. The minimum absolute atomic E-state index is 0.0425. The van der Waals surface area contributed by atoms with E-state index in [2.05, 4.69) is 31.8 Å². The Labute approximate surface area is 175 Å². The second-order valence-corrected chi connectivity index (χ2v) is 9.38. The lowest BCUT2D eigenvalue weighted by molar-refractivity contribution is 0.195. The Balaban J connectivity index is 1.38. The van der Waals surface area contributed by atoms with Crippen LogP contribution < -0.4 is 10.6 Å². The van der Waals surface area contributed by atoms with E-state index in [9.17, 15) is 13.7 Å². The summed E-state index contributed by atoms with van der Waals surface area (Å²) < 4.78 is 33.8. The van der Waals surface area contributed by atoms with Gasteiger partial charge in [0.05, 0.1) is 25.0 Å². The number of nitriles is 1. The largest absolute Gasteiger partial charge is 0.379 e. The number of ether oxygens (including phenoxy) is 1. The third-order valence-corrected chi connectivity index (χ3v) is 7.14. The van der Waals surface area contributed by atoms with Gasteiger partial charge in [0.2, 0.25) is 16.0 Å². The van der Waals surface area contributed by atoms with Crippen LogP contribution in [-0.2, 0) is 21.8 Å². The van der Waals surface area contributed by atoms with E-state index in [1.165, 1.54) is 27.6 Å². The van der Waals surface area contributed by atoms with Gasteiger partial charge in [-0.2, -0.15) is 19.6 Å². The molecule has 2 aromatic rings. The zero-order valence-corrected chi connectivity index (χ0v) is 17.5. The van der Waals surface area contributed by atoms with Crippen LogP contribution in [0.25, 0.3) is 0 Å². The first-order chi connectivity index (χ1) is 14.5. The van der Waals surface area contributed by atoms with Crippen LogP contribution in [0.1, 0.15) is 24.8 Å². The highest BCUT2D eigenvalue weighted by atomic mass is 32.2. The normalized spacial score (nSPS) is 20.7.